The van der Waals surface area contributed by atoms with Crippen LogP contribution in [0.1, 0.15) is 47.5 Å². The molecule has 0 aromatic carbocycles. The predicted molar refractivity (Wildman–Crippen MR) is 96.9 cm³/mol. The molecule has 3 heteroatoms. The second-order valence-electron chi connectivity index (χ2n) is 4.07. The highest BCUT2D eigenvalue weighted by Crippen LogP contribution is 2.26. The van der Waals surface area contributed by atoms with Crippen LogP contribution in [-0.4, -0.2) is 26.2 Å². The zero-order chi connectivity index (χ0) is 17.4. The van der Waals surface area contributed by atoms with Gasteiger partial charge in [0.2, 0.25) is 0 Å². The van der Waals surface area contributed by atoms with Gasteiger partial charge in [0.1, 0.15) is 0 Å². The second-order valence-corrected chi connectivity index (χ2v) is 4.07. The van der Waals surface area contributed by atoms with E-state index in [0.717, 1.165) is 30.7 Å². The number of carbonyl (C=O) groups excluding carboxylic acids is 1. The van der Waals surface area contributed by atoms with E-state index in [1.807, 2.05) is 40.7 Å². The Balaban J connectivity index is 0. The average Bonchev–Trinajstić information content (AvgIpc) is 2.60. The van der Waals surface area contributed by atoms with Gasteiger partial charge in [-0.2, -0.15) is 0 Å². The van der Waals surface area contributed by atoms with E-state index in [2.05, 4.69) is 24.0 Å². The van der Waals surface area contributed by atoms with Crippen molar-refractivity contribution in [3.63, 3.8) is 0 Å². The molecule has 0 fully saturated rings. The van der Waals surface area contributed by atoms with Crippen LogP contribution in [0.3, 0.4) is 0 Å². The maximum Gasteiger partial charge on any atom is 0.309 e. The smallest absolute Gasteiger partial charge is 0.309 e. The molecule has 0 unspecified atom stereocenters. The largest absolute Gasteiger partial charge is 0.469 e. The fraction of sp³-hybridized carbons (Fsp3) is 0.526. The van der Waals surface area contributed by atoms with E-state index in [1.165, 1.54) is 12.7 Å². The molecule has 1 rings (SSSR count). The number of methoxy groups -OCH3 is 1. The second kappa shape index (κ2) is 15.8. The third kappa shape index (κ3) is 8.63. The van der Waals surface area contributed by atoms with Gasteiger partial charge in [-0.05, 0) is 36.6 Å². The minimum atomic E-state index is -0.225. The van der Waals surface area contributed by atoms with E-state index in [1.54, 1.807) is 6.08 Å². The molecule has 0 aromatic heterocycles. The van der Waals surface area contributed by atoms with Gasteiger partial charge in [-0.1, -0.05) is 58.6 Å². The average molecular weight is 307 g/mol. The Hall–Kier alpha value is -1.61. The van der Waals surface area contributed by atoms with Crippen molar-refractivity contribution in [1.29, 1.82) is 0 Å². The Bertz CT molecular complexity index is 404. The lowest BCUT2D eigenvalue weighted by Gasteiger charge is -2.19. The highest BCUT2D eigenvalue weighted by molar-refractivity contribution is 5.75. The molecule has 1 aliphatic rings. The van der Waals surface area contributed by atoms with Crippen molar-refractivity contribution in [3.05, 3.63) is 47.6 Å². The number of nitrogens with one attached hydrogen (secondary N) is 1. The van der Waals surface area contributed by atoms with E-state index in [9.17, 15) is 4.79 Å². The van der Waals surface area contributed by atoms with Crippen LogP contribution in [-0.2, 0) is 9.53 Å². The Morgan fingerprint density at radius 2 is 2.00 bits per heavy atom. The van der Waals surface area contributed by atoms with Crippen molar-refractivity contribution in [1.82, 2.24) is 5.32 Å². The summed E-state index contributed by atoms with van der Waals surface area (Å²) in [5.74, 6) is -0.225. The van der Waals surface area contributed by atoms with Crippen LogP contribution in [0.4, 0.5) is 0 Å². The highest BCUT2D eigenvalue weighted by atomic mass is 16.5. The minimum Gasteiger partial charge on any atom is -0.469 e. The number of hydrogen-bond donors (Lipinski definition) is 1. The maximum atomic E-state index is 11.4. The first kappa shape index (κ1) is 22.7. The van der Waals surface area contributed by atoms with Crippen LogP contribution < -0.4 is 5.32 Å². The molecule has 3 nitrogen and oxygen atoms in total. The van der Waals surface area contributed by atoms with Gasteiger partial charge in [0.05, 0.1) is 13.5 Å². The summed E-state index contributed by atoms with van der Waals surface area (Å²) in [6, 6.07) is 0. The number of ether oxygens (including phenoxy) is 1. The Kier molecular flexibility index (Phi) is 16.3. The van der Waals surface area contributed by atoms with Crippen molar-refractivity contribution < 1.29 is 9.53 Å². The quantitative estimate of drug-likeness (QED) is 0.597. The maximum absolute atomic E-state index is 11.4. The molecule has 1 aliphatic heterocycles. The zero-order valence-corrected chi connectivity index (χ0v) is 15.2. The lowest BCUT2D eigenvalue weighted by molar-refractivity contribution is -0.139. The van der Waals surface area contributed by atoms with Crippen LogP contribution in [0.15, 0.2) is 47.6 Å². The van der Waals surface area contributed by atoms with Crippen LogP contribution in [0.2, 0.25) is 0 Å². The molecule has 0 atom stereocenters. The molecule has 0 saturated carbocycles. The van der Waals surface area contributed by atoms with Gasteiger partial charge in [0.15, 0.2) is 0 Å². The SMILES string of the molecule is C=C/C=C(CC(=O)OC)\C(=C/C)C1=CCNCC1.CC.CC. The van der Waals surface area contributed by atoms with Crippen molar-refractivity contribution in [3.8, 4) is 0 Å². The van der Waals surface area contributed by atoms with Gasteiger partial charge in [-0.15, -0.1) is 0 Å². The summed E-state index contributed by atoms with van der Waals surface area (Å²) in [7, 11) is 1.41. The standard InChI is InChI=1S/C15H21NO2.2C2H6/c1-4-6-13(11-15(17)18-3)14(5-2)12-7-9-16-10-8-12;2*1-2/h4-7,16H,1,8-11H2,2-3H3;2*1-2H3/b13-6-,14-5-;;. The van der Waals surface area contributed by atoms with Crippen LogP contribution >= 0.6 is 0 Å². The summed E-state index contributed by atoms with van der Waals surface area (Å²) >= 11 is 0. The van der Waals surface area contributed by atoms with Gasteiger partial charge >= 0.3 is 5.97 Å². The normalized spacial score (nSPS) is 14.5. The fourth-order valence-electron chi connectivity index (χ4n) is 2.06. The molecule has 1 heterocycles. The minimum absolute atomic E-state index is 0.225. The third-order valence-electron chi connectivity index (χ3n) is 2.93. The van der Waals surface area contributed by atoms with Crippen molar-refractivity contribution in [2.75, 3.05) is 20.2 Å². The van der Waals surface area contributed by atoms with E-state index in [0.29, 0.717) is 0 Å². The first-order chi connectivity index (χ1) is 10.7. The fourth-order valence-corrected chi connectivity index (χ4v) is 2.06. The van der Waals surface area contributed by atoms with Gasteiger partial charge in [-0.3, -0.25) is 4.79 Å². The molecule has 0 spiro atoms. The van der Waals surface area contributed by atoms with Gasteiger partial charge in [0, 0.05) is 6.54 Å². The summed E-state index contributed by atoms with van der Waals surface area (Å²) in [6.07, 6.45) is 9.09. The number of rotatable bonds is 5. The summed E-state index contributed by atoms with van der Waals surface area (Å²) in [6.45, 7) is 15.6. The molecule has 0 aliphatic carbocycles. The summed E-state index contributed by atoms with van der Waals surface area (Å²) in [4.78, 5) is 11.4. The van der Waals surface area contributed by atoms with Gasteiger partial charge in [0.25, 0.3) is 0 Å². The summed E-state index contributed by atoms with van der Waals surface area (Å²) in [5, 5.41) is 3.28. The number of esters is 1. The first-order valence-corrected chi connectivity index (χ1v) is 8.18. The molecule has 0 amide bonds. The van der Waals surface area contributed by atoms with Crippen LogP contribution in [0, 0.1) is 0 Å². The van der Waals surface area contributed by atoms with E-state index in [4.69, 9.17) is 4.74 Å². The molecule has 1 N–H and O–H groups in total. The lowest BCUT2D eigenvalue weighted by Crippen LogP contribution is -2.21. The first-order valence-electron chi connectivity index (χ1n) is 8.18. The molecule has 126 valence electrons. The lowest BCUT2D eigenvalue weighted by atomic mass is 9.91. The predicted octanol–water partition coefficient (Wildman–Crippen LogP) is 4.58. The van der Waals surface area contributed by atoms with Crippen molar-refractivity contribution >= 4 is 5.97 Å². The van der Waals surface area contributed by atoms with Crippen molar-refractivity contribution in [2.45, 2.75) is 47.5 Å². The topological polar surface area (TPSA) is 38.3 Å². The Labute approximate surface area is 136 Å². The summed E-state index contributed by atoms with van der Waals surface area (Å²) in [5.41, 5.74) is 3.38. The third-order valence-corrected chi connectivity index (χ3v) is 2.93. The van der Waals surface area contributed by atoms with Gasteiger partial charge < -0.3 is 10.1 Å². The van der Waals surface area contributed by atoms with Crippen molar-refractivity contribution in [2.24, 2.45) is 0 Å². The molecular formula is C19H33NO2. The van der Waals surface area contributed by atoms with Crippen LogP contribution in [0.5, 0.6) is 0 Å². The highest BCUT2D eigenvalue weighted by Gasteiger charge is 2.14. The van der Waals surface area contributed by atoms with Gasteiger partial charge in [-0.25, -0.2) is 0 Å². The number of hydrogen-bond acceptors (Lipinski definition) is 3. The number of carbonyl (C=O) groups is 1. The zero-order valence-electron chi connectivity index (χ0n) is 15.2. The molecule has 0 bridgehead atoms. The Morgan fingerprint density at radius 1 is 1.36 bits per heavy atom. The molecule has 0 radical (unpaired) electrons. The summed E-state index contributed by atoms with van der Waals surface area (Å²) < 4.78 is 4.74. The molecule has 0 aromatic rings. The Morgan fingerprint density at radius 3 is 2.41 bits per heavy atom. The van der Waals surface area contributed by atoms with E-state index < -0.39 is 0 Å². The monoisotopic (exact) mass is 307 g/mol. The van der Waals surface area contributed by atoms with Crippen LogP contribution in [0.25, 0.3) is 0 Å². The van der Waals surface area contributed by atoms with E-state index >= 15 is 0 Å². The van der Waals surface area contributed by atoms with E-state index in [-0.39, 0.29) is 12.4 Å². The molecular weight excluding hydrogens is 274 g/mol. The molecule has 0 saturated heterocycles. The molecule has 22 heavy (non-hydrogen) atoms. The number of allylic oxidation sites excluding steroid dienone is 4.